The van der Waals surface area contributed by atoms with E-state index in [-0.39, 0.29) is 13.0 Å². The highest BCUT2D eigenvalue weighted by molar-refractivity contribution is 7.71. The maximum Gasteiger partial charge on any atom is 0.389 e. The monoisotopic (exact) mass is 320 g/mol. The molecule has 0 unspecified atom stereocenters. The molecule has 1 aromatic carbocycles. The summed E-state index contributed by atoms with van der Waals surface area (Å²) in [5, 5.41) is 0. The van der Waals surface area contributed by atoms with Crippen molar-refractivity contribution < 1.29 is 22.6 Å². The Morgan fingerprint density at radius 1 is 1.19 bits per heavy atom. The minimum Gasteiger partial charge on any atom is -0.493 e. The van der Waals surface area contributed by atoms with E-state index < -0.39 is 12.6 Å². The number of halogens is 3. The van der Waals surface area contributed by atoms with Gasteiger partial charge in [-0.1, -0.05) is 0 Å². The predicted octanol–water partition coefficient (Wildman–Crippen LogP) is 4.06. The van der Waals surface area contributed by atoms with Crippen molar-refractivity contribution >= 4 is 23.3 Å². The number of methoxy groups -OCH3 is 2. The van der Waals surface area contributed by atoms with E-state index in [1.165, 1.54) is 14.2 Å². The van der Waals surface area contributed by atoms with Gasteiger partial charge < -0.3 is 19.0 Å². The Morgan fingerprint density at radius 3 is 2.38 bits per heavy atom. The fraction of sp³-hybridized carbons (Fsp3) is 0.462. The fourth-order valence-electron chi connectivity index (χ4n) is 2.14. The summed E-state index contributed by atoms with van der Waals surface area (Å²) in [5.74, 6) is 1.03. The SMILES string of the molecule is COc1cc2[nH]c(=S)n(CCCC(F)(F)F)c2cc1OC. The number of hydrogen-bond acceptors (Lipinski definition) is 3. The minimum absolute atomic E-state index is 0.0287. The number of nitrogens with zero attached hydrogens (tertiary/aromatic N) is 1. The van der Waals surface area contributed by atoms with E-state index in [4.69, 9.17) is 21.7 Å². The largest absolute Gasteiger partial charge is 0.493 e. The van der Waals surface area contributed by atoms with Crippen LogP contribution in [0.2, 0.25) is 0 Å². The van der Waals surface area contributed by atoms with Gasteiger partial charge in [-0.3, -0.25) is 0 Å². The Bertz CT molecular complexity index is 691. The summed E-state index contributed by atoms with van der Waals surface area (Å²) in [6.07, 6.45) is -5.02. The lowest BCUT2D eigenvalue weighted by Gasteiger charge is -2.10. The van der Waals surface area contributed by atoms with Crippen LogP contribution in [0.5, 0.6) is 11.5 Å². The number of alkyl halides is 3. The van der Waals surface area contributed by atoms with Crippen molar-refractivity contribution in [1.29, 1.82) is 0 Å². The highest BCUT2D eigenvalue weighted by Crippen LogP contribution is 2.32. The molecule has 0 aliphatic rings. The van der Waals surface area contributed by atoms with Crippen molar-refractivity contribution in [2.45, 2.75) is 25.6 Å². The zero-order valence-electron chi connectivity index (χ0n) is 11.6. The number of aromatic amines is 1. The van der Waals surface area contributed by atoms with Crippen LogP contribution in [0.25, 0.3) is 11.0 Å². The van der Waals surface area contributed by atoms with Gasteiger partial charge in [0.2, 0.25) is 0 Å². The summed E-state index contributed by atoms with van der Waals surface area (Å²) in [6, 6.07) is 3.41. The van der Waals surface area contributed by atoms with Crippen LogP contribution in [0.4, 0.5) is 13.2 Å². The molecular weight excluding hydrogens is 305 g/mol. The van der Waals surface area contributed by atoms with Gasteiger partial charge in [-0.25, -0.2) is 0 Å². The molecule has 8 heteroatoms. The molecule has 4 nitrogen and oxygen atoms in total. The van der Waals surface area contributed by atoms with Gasteiger partial charge in [0, 0.05) is 25.1 Å². The zero-order chi connectivity index (χ0) is 15.6. The molecule has 0 fully saturated rings. The number of fused-ring (bicyclic) bond motifs is 1. The lowest BCUT2D eigenvalue weighted by molar-refractivity contribution is -0.135. The number of nitrogens with one attached hydrogen (secondary N) is 1. The molecule has 0 atom stereocenters. The molecule has 116 valence electrons. The first-order valence-electron chi connectivity index (χ1n) is 6.27. The van der Waals surface area contributed by atoms with Gasteiger partial charge in [-0.05, 0) is 18.6 Å². The topological polar surface area (TPSA) is 39.2 Å². The fourth-order valence-corrected chi connectivity index (χ4v) is 2.44. The summed E-state index contributed by atoms with van der Waals surface area (Å²) < 4.78 is 49.1. The molecule has 0 amide bonds. The van der Waals surface area contributed by atoms with Gasteiger partial charge in [0.25, 0.3) is 0 Å². The summed E-state index contributed by atoms with van der Waals surface area (Å²) in [6.45, 7) is 0.188. The van der Waals surface area contributed by atoms with Crippen molar-refractivity contribution in [2.75, 3.05) is 14.2 Å². The van der Waals surface area contributed by atoms with E-state index >= 15 is 0 Å². The van der Waals surface area contributed by atoms with Gasteiger partial charge in [0.05, 0.1) is 25.3 Å². The second-order valence-electron chi connectivity index (χ2n) is 4.52. The van der Waals surface area contributed by atoms with E-state index in [1.54, 1.807) is 16.7 Å². The first-order chi connectivity index (χ1) is 9.85. The van der Waals surface area contributed by atoms with Gasteiger partial charge >= 0.3 is 6.18 Å². The predicted molar refractivity (Wildman–Crippen MR) is 75.5 cm³/mol. The molecule has 2 aromatic rings. The maximum atomic E-state index is 12.2. The third kappa shape index (κ3) is 3.49. The first-order valence-corrected chi connectivity index (χ1v) is 6.68. The van der Waals surface area contributed by atoms with Gasteiger partial charge in [0.15, 0.2) is 16.3 Å². The van der Waals surface area contributed by atoms with E-state index in [1.807, 2.05) is 0 Å². The lowest BCUT2D eigenvalue weighted by atomic mass is 10.2. The van der Waals surface area contributed by atoms with Gasteiger partial charge in [-0.15, -0.1) is 0 Å². The summed E-state index contributed by atoms with van der Waals surface area (Å²) in [5.41, 5.74) is 1.39. The van der Waals surface area contributed by atoms with Crippen molar-refractivity contribution in [1.82, 2.24) is 9.55 Å². The summed E-state index contributed by atoms with van der Waals surface area (Å²) >= 11 is 5.16. The highest BCUT2D eigenvalue weighted by Gasteiger charge is 2.26. The van der Waals surface area contributed by atoms with Crippen LogP contribution in [-0.4, -0.2) is 29.9 Å². The zero-order valence-corrected chi connectivity index (χ0v) is 12.4. The first kappa shape index (κ1) is 15.7. The van der Waals surface area contributed by atoms with E-state index in [0.29, 0.717) is 27.3 Å². The third-order valence-corrected chi connectivity index (χ3v) is 3.44. The Balaban J connectivity index is 2.35. The number of aryl methyl sites for hydroxylation is 1. The van der Waals surface area contributed by atoms with Crippen LogP contribution in [0.3, 0.4) is 0 Å². The Morgan fingerprint density at radius 2 is 1.81 bits per heavy atom. The Labute approximate surface area is 124 Å². The number of aromatic nitrogens is 2. The number of hydrogen-bond donors (Lipinski definition) is 1. The standard InChI is InChI=1S/C13H15F3N2O2S/c1-19-10-6-8-9(7-11(10)20-2)18(12(21)17-8)5-3-4-13(14,15)16/h6-7H,3-5H2,1-2H3,(H,17,21). The van der Waals surface area contributed by atoms with Gasteiger partial charge in [-0.2, -0.15) is 13.2 Å². The molecular formula is C13H15F3N2O2S. The van der Waals surface area contributed by atoms with E-state index in [9.17, 15) is 13.2 Å². The maximum absolute atomic E-state index is 12.2. The second kappa shape index (κ2) is 5.97. The van der Waals surface area contributed by atoms with Crippen molar-refractivity contribution in [2.24, 2.45) is 0 Å². The van der Waals surface area contributed by atoms with Crippen molar-refractivity contribution in [3.05, 3.63) is 16.9 Å². The lowest BCUT2D eigenvalue weighted by Crippen LogP contribution is -2.09. The second-order valence-corrected chi connectivity index (χ2v) is 4.91. The quantitative estimate of drug-likeness (QED) is 0.845. The molecule has 2 rings (SSSR count). The number of imidazole rings is 1. The molecule has 0 saturated heterocycles. The van der Waals surface area contributed by atoms with Crippen LogP contribution in [0.15, 0.2) is 12.1 Å². The number of ether oxygens (including phenoxy) is 2. The molecule has 0 bridgehead atoms. The molecule has 21 heavy (non-hydrogen) atoms. The van der Waals surface area contributed by atoms with E-state index in [2.05, 4.69) is 4.98 Å². The smallest absolute Gasteiger partial charge is 0.389 e. The highest BCUT2D eigenvalue weighted by atomic mass is 32.1. The molecule has 1 N–H and O–H groups in total. The van der Waals surface area contributed by atoms with E-state index in [0.717, 1.165) is 0 Å². The minimum atomic E-state index is -4.16. The normalized spacial score (nSPS) is 11.9. The molecule has 1 aromatic heterocycles. The molecule has 0 aliphatic carbocycles. The van der Waals surface area contributed by atoms with Crippen molar-refractivity contribution in [3.63, 3.8) is 0 Å². The average Bonchev–Trinajstić information content (AvgIpc) is 2.71. The van der Waals surface area contributed by atoms with Crippen molar-refractivity contribution in [3.8, 4) is 11.5 Å². The van der Waals surface area contributed by atoms with Crippen LogP contribution < -0.4 is 9.47 Å². The number of rotatable bonds is 5. The third-order valence-electron chi connectivity index (χ3n) is 3.12. The number of H-pyrrole nitrogens is 1. The summed E-state index contributed by atoms with van der Waals surface area (Å²) in [7, 11) is 3.01. The Hall–Kier alpha value is -1.70. The summed E-state index contributed by atoms with van der Waals surface area (Å²) in [4.78, 5) is 2.96. The van der Waals surface area contributed by atoms with Gasteiger partial charge in [0.1, 0.15) is 0 Å². The van der Waals surface area contributed by atoms with Crippen LogP contribution >= 0.6 is 12.2 Å². The molecule has 1 heterocycles. The number of benzene rings is 1. The molecule has 0 aliphatic heterocycles. The Kier molecular flexibility index (Phi) is 4.46. The van der Waals surface area contributed by atoms with Crippen LogP contribution in [0, 0.1) is 4.77 Å². The van der Waals surface area contributed by atoms with Crippen LogP contribution in [-0.2, 0) is 6.54 Å². The van der Waals surface area contributed by atoms with Crippen LogP contribution in [0.1, 0.15) is 12.8 Å². The average molecular weight is 320 g/mol. The molecule has 0 saturated carbocycles. The molecule has 0 radical (unpaired) electrons. The molecule has 0 spiro atoms.